The summed E-state index contributed by atoms with van der Waals surface area (Å²) in [4.78, 5) is 19.1. The molecule has 21 heavy (non-hydrogen) atoms. The lowest BCUT2D eigenvalue weighted by Crippen LogP contribution is -2.18. The van der Waals surface area contributed by atoms with E-state index in [4.69, 9.17) is 4.74 Å². The number of nitro groups is 1. The van der Waals surface area contributed by atoms with Gasteiger partial charge in [-0.1, -0.05) is 12.8 Å². The van der Waals surface area contributed by atoms with Crippen LogP contribution in [-0.4, -0.2) is 27.5 Å². The lowest BCUT2D eigenvalue weighted by atomic mass is 10.1. The lowest BCUT2D eigenvalue weighted by Gasteiger charge is -2.17. The van der Waals surface area contributed by atoms with Gasteiger partial charge < -0.3 is 10.1 Å². The van der Waals surface area contributed by atoms with Gasteiger partial charge in [-0.15, -0.1) is 0 Å². The summed E-state index contributed by atoms with van der Waals surface area (Å²) in [5, 5.41) is 14.2. The zero-order chi connectivity index (χ0) is 15.2. The zero-order valence-electron chi connectivity index (χ0n) is 12.6. The topological polar surface area (TPSA) is 90.2 Å². The van der Waals surface area contributed by atoms with Gasteiger partial charge in [0.1, 0.15) is 11.8 Å². The van der Waals surface area contributed by atoms with Gasteiger partial charge in [0, 0.05) is 6.54 Å². The van der Waals surface area contributed by atoms with E-state index < -0.39 is 4.92 Å². The van der Waals surface area contributed by atoms with Crippen LogP contribution in [0, 0.1) is 17.0 Å². The normalized spacial score (nSPS) is 16.3. The number of nitrogens with one attached hydrogen (secondary N) is 1. The van der Waals surface area contributed by atoms with Crippen molar-refractivity contribution in [2.45, 2.75) is 58.5 Å². The van der Waals surface area contributed by atoms with Crippen molar-refractivity contribution >= 4 is 11.6 Å². The Morgan fingerprint density at radius 3 is 2.52 bits per heavy atom. The predicted octanol–water partition coefficient (Wildman–Crippen LogP) is 3.23. The van der Waals surface area contributed by atoms with Crippen LogP contribution >= 0.6 is 0 Å². The van der Waals surface area contributed by atoms with Crippen molar-refractivity contribution < 1.29 is 9.66 Å². The average molecular weight is 294 g/mol. The molecule has 116 valence electrons. The molecule has 0 aliphatic heterocycles. The number of anilines is 1. The molecule has 1 fully saturated rings. The summed E-state index contributed by atoms with van der Waals surface area (Å²) in [7, 11) is 0. The number of nitrogens with zero attached hydrogens (tertiary/aromatic N) is 3. The molecule has 1 aliphatic carbocycles. The van der Waals surface area contributed by atoms with E-state index in [1.807, 2.05) is 6.92 Å². The molecule has 0 radical (unpaired) electrons. The van der Waals surface area contributed by atoms with Crippen molar-refractivity contribution in [1.29, 1.82) is 0 Å². The summed E-state index contributed by atoms with van der Waals surface area (Å²) in [6.45, 7) is 4.19. The van der Waals surface area contributed by atoms with Crippen LogP contribution in [0.3, 0.4) is 0 Å². The molecule has 0 aromatic carbocycles. The van der Waals surface area contributed by atoms with Crippen LogP contribution in [0.1, 0.15) is 51.1 Å². The smallest absolute Gasteiger partial charge is 0.352 e. The van der Waals surface area contributed by atoms with Crippen molar-refractivity contribution in [3.8, 4) is 5.88 Å². The Kier molecular flexibility index (Phi) is 5.30. The minimum Gasteiger partial charge on any atom is -0.469 e. The summed E-state index contributed by atoms with van der Waals surface area (Å²) in [5.74, 6) is 0.472. The van der Waals surface area contributed by atoms with Gasteiger partial charge >= 0.3 is 5.69 Å². The predicted molar refractivity (Wildman–Crippen MR) is 79.7 cm³/mol. The molecule has 1 aromatic rings. The molecule has 7 nitrogen and oxygen atoms in total. The Morgan fingerprint density at radius 1 is 1.29 bits per heavy atom. The van der Waals surface area contributed by atoms with E-state index in [2.05, 4.69) is 15.3 Å². The highest BCUT2D eigenvalue weighted by Gasteiger charge is 2.26. The van der Waals surface area contributed by atoms with Crippen molar-refractivity contribution in [2.24, 2.45) is 0 Å². The molecule has 0 bridgehead atoms. The highest BCUT2D eigenvalue weighted by Crippen LogP contribution is 2.31. The van der Waals surface area contributed by atoms with Crippen LogP contribution in [0.4, 0.5) is 11.6 Å². The molecule has 1 N–H and O–H groups in total. The zero-order valence-corrected chi connectivity index (χ0v) is 12.6. The second-order valence-electron chi connectivity index (χ2n) is 5.31. The van der Waals surface area contributed by atoms with Gasteiger partial charge in [0.15, 0.2) is 0 Å². The van der Waals surface area contributed by atoms with Crippen molar-refractivity contribution in [2.75, 3.05) is 11.9 Å². The molecule has 1 aromatic heterocycles. The van der Waals surface area contributed by atoms with E-state index in [1.54, 1.807) is 6.92 Å². The molecule has 1 heterocycles. The van der Waals surface area contributed by atoms with Gasteiger partial charge in [-0.3, -0.25) is 10.1 Å². The maximum Gasteiger partial charge on any atom is 0.352 e. The number of aromatic nitrogens is 2. The van der Waals surface area contributed by atoms with E-state index in [0.29, 0.717) is 18.2 Å². The number of hydrogen-bond acceptors (Lipinski definition) is 6. The van der Waals surface area contributed by atoms with Crippen LogP contribution in [0.5, 0.6) is 5.88 Å². The third-order valence-corrected chi connectivity index (χ3v) is 3.62. The number of rotatable bonds is 5. The lowest BCUT2D eigenvalue weighted by molar-refractivity contribution is -0.387. The van der Waals surface area contributed by atoms with Crippen LogP contribution in [0.25, 0.3) is 0 Å². The molecule has 2 rings (SSSR count). The Morgan fingerprint density at radius 2 is 1.95 bits per heavy atom. The van der Waals surface area contributed by atoms with Crippen LogP contribution < -0.4 is 10.1 Å². The van der Waals surface area contributed by atoms with E-state index in [1.165, 1.54) is 12.8 Å². The summed E-state index contributed by atoms with van der Waals surface area (Å²) in [5.41, 5.74) is 0.204. The van der Waals surface area contributed by atoms with E-state index >= 15 is 0 Å². The first-order chi connectivity index (χ1) is 10.1. The fraction of sp³-hybridized carbons (Fsp3) is 0.714. The standard InChI is InChI=1S/C14H22N4O3/c1-3-15-14-16-10(2)12(18(19)20)13(17-14)21-11-8-6-4-5-7-9-11/h11H,3-9H2,1-2H3,(H,15,16,17). The molecule has 0 amide bonds. The highest BCUT2D eigenvalue weighted by atomic mass is 16.6. The first-order valence-corrected chi connectivity index (χ1v) is 7.55. The second kappa shape index (κ2) is 7.19. The molecule has 1 saturated carbocycles. The molecular weight excluding hydrogens is 272 g/mol. The third kappa shape index (κ3) is 4.03. The average Bonchev–Trinajstić information content (AvgIpc) is 2.66. The minimum atomic E-state index is -0.461. The number of hydrogen-bond donors (Lipinski definition) is 1. The molecule has 1 aliphatic rings. The third-order valence-electron chi connectivity index (χ3n) is 3.62. The number of ether oxygens (including phenoxy) is 1. The van der Waals surface area contributed by atoms with Crippen molar-refractivity contribution in [1.82, 2.24) is 9.97 Å². The Labute approximate surface area is 124 Å². The molecule has 0 saturated heterocycles. The van der Waals surface area contributed by atoms with Gasteiger partial charge in [0.25, 0.3) is 5.88 Å². The van der Waals surface area contributed by atoms with E-state index in [9.17, 15) is 10.1 Å². The Balaban J connectivity index is 2.27. The molecule has 0 atom stereocenters. The highest BCUT2D eigenvalue weighted by molar-refractivity contribution is 5.48. The van der Waals surface area contributed by atoms with Gasteiger partial charge in [-0.25, -0.2) is 4.98 Å². The van der Waals surface area contributed by atoms with Gasteiger partial charge in [0.05, 0.1) is 4.92 Å². The fourth-order valence-corrected chi connectivity index (χ4v) is 2.59. The summed E-state index contributed by atoms with van der Waals surface area (Å²) >= 11 is 0. The fourth-order valence-electron chi connectivity index (χ4n) is 2.59. The van der Waals surface area contributed by atoms with Crippen LogP contribution in [0.2, 0.25) is 0 Å². The van der Waals surface area contributed by atoms with Gasteiger partial charge in [0.2, 0.25) is 5.95 Å². The van der Waals surface area contributed by atoms with Crippen molar-refractivity contribution in [3.63, 3.8) is 0 Å². The maximum absolute atomic E-state index is 11.2. The summed E-state index contributed by atoms with van der Waals surface area (Å²) < 4.78 is 5.86. The minimum absolute atomic E-state index is 0.00924. The molecule has 0 unspecified atom stereocenters. The summed E-state index contributed by atoms with van der Waals surface area (Å²) in [6, 6.07) is 0. The Bertz CT molecular complexity index is 499. The first kappa shape index (κ1) is 15.5. The van der Waals surface area contributed by atoms with Gasteiger partial charge in [-0.2, -0.15) is 4.98 Å². The van der Waals surface area contributed by atoms with Gasteiger partial charge in [-0.05, 0) is 39.5 Å². The monoisotopic (exact) mass is 294 g/mol. The van der Waals surface area contributed by atoms with E-state index in [-0.39, 0.29) is 17.7 Å². The van der Waals surface area contributed by atoms with Crippen molar-refractivity contribution in [3.05, 3.63) is 15.8 Å². The first-order valence-electron chi connectivity index (χ1n) is 7.55. The van der Waals surface area contributed by atoms with E-state index in [0.717, 1.165) is 25.7 Å². The SMILES string of the molecule is CCNc1nc(C)c([N+](=O)[O-])c(OC2CCCCCC2)n1. The van der Waals surface area contributed by atoms with Crippen LogP contribution in [-0.2, 0) is 0 Å². The maximum atomic E-state index is 11.2. The summed E-state index contributed by atoms with van der Waals surface area (Å²) in [6.07, 6.45) is 6.47. The molecular formula is C14H22N4O3. The quantitative estimate of drug-likeness (QED) is 0.509. The van der Waals surface area contributed by atoms with Crippen LogP contribution in [0.15, 0.2) is 0 Å². The molecule has 7 heteroatoms. The Hall–Kier alpha value is -1.92. The largest absolute Gasteiger partial charge is 0.469 e. The molecule has 0 spiro atoms. The number of aryl methyl sites for hydroxylation is 1. The second-order valence-corrected chi connectivity index (χ2v) is 5.31.